The molecule has 3 aromatic rings. The van der Waals surface area contributed by atoms with E-state index in [0.717, 1.165) is 5.56 Å². The first-order valence-corrected chi connectivity index (χ1v) is 14.0. The fourth-order valence-electron chi connectivity index (χ4n) is 4.17. The lowest BCUT2D eigenvalue weighted by atomic mass is 9.91. The number of ether oxygens (including phenoxy) is 3. The number of rotatable bonds is 9. The summed E-state index contributed by atoms with van der Waals surface area (Å²) >= 11 is 0. The van der Waals surface area contributed by atoms with Gasteiger partial charge in [0.05, 0.1) is 19.1 Å². The Kier molecular flexibility index (Phi) is 9.07. The molecule has 0 aliphatic heterocycles. The number of amides is 1. The van der Waals surface area contributed by atoms with E-state index in [1.165, 1.54) is 38.5 Å². The van der Waals surface area contributed by atoms with E-state index in [1.807, 2.05) is 6.92 Å². The largest absolute Gasteiger partial charge is 0.497 e. The summed E-state index contributed by atoms with van der Waals surface area (Å²) in [7, 11) is -1.20. The van der Waals surface area contributed by atoms with Gasteiger partial charge in [-0.3, -0.25) is 10.1 Å². The molecule has 1 N–H and O–H groups in total. The maximum atomic E-state index is 14.1. The quantitative estimate of drug-likeness (QED) is 0.315. The summed E-state index contributed by atoms with van der Waals surface area (Å²) in [6.45, 7) is 8.71. The van der Waals surface area contributed by atoms with Crippen LogP contribution in [0.5, 0.6) is 11.5 Å². The van der Waals surface area contributed by atoms with Crippen LogP contribution in [0.1, 0.15) is 55.1 Å². The number of aryl methyl sites for hydroxylation is 1. The minimum absolute atomic E-state index is 0.0244. The summed E-state index contributed by atoms with van der Waals surface area (Å²) in [5.74, 6) is -0.508. The van der Waals surface area contributed by atoms with Crippen molar-refractivity contribution >= 4 is 27.4 Å². The van der Waals surface area contributed by atoms with Crippen molar-refractivity contribution in [1.82, 2.24) is 0 Å². The highest BCUT2D eigenvalue weighted by Gasteiger charge is 2.40. The zero-order valence-electron chi connectivity index (χ0n) is 23.3. The van der Waals surface area contributed by atoms with E-state index in [2.05, 4.69) is 5.32 Å². The molecule has 39 heavy (non-hydrogen) atoms. The molecule has 0 saturated carbocycles. The standard InChI is InChI=1S/C30H35NO7S/c1-19-8-15-24(16-9-19)39(34,35)28(27(32)21-10-12-22(36-6)13-11-21)20(2)25-18-23(37-7)14-17-26(25)31-29(33)38-30(3,4)5/h8-18,20,28H,1-7H3,(H,31,33). The Morgan fingerprint density at radius 1 is 0.846 bits per heavy atom. The van der Waals surface area contributed by atoms with Gasteiger partial charge in [-0.25, -0.2) is 13.2 Å². The number of sulfone groups is 1. The fraction of sp³-hybridized carbons (Fsp3) is 0.333. The van der Waals surface area contributed by atoms with Crippen molar-refractivity contribution in [1.29, 1.82) is 0 Å². The van der Waals surface area contributed by atoms with Crippen LogP contribution in [0.3, 0.4) is 0 Å². The lowest BCUT2D eigenvalue weighted by Crippen LogP contribution is -2.36. The minimum atomic E-state index is -4.19. The van der Waals surface area contributed by atoms with Gasteiger partial charge in [-0.2, -0.15) is 0 Å². The third kappa shape index (κ3) is 7.17. The number of Topliss-reactive ketones (excluding diaryl/α,β-unsaturated/α-hetero) is 1. The number of nitrogens with one attached hydrogen (secondary N) is 1. The summed E-state index contributed by atoms with van der Waals surface area (Å²) in [5, 5.41) is 1.19. The van der Waals surface area contributed by atoms with Crippen LogP contribution >= 0.6 is 0 Å². The molecule has 3 rings (SSSR count). The normalized spacial score (nSPS) is 13.2. The molecule has 2 atom stereocenters. The van der Waals surface area contributed by atoms with Gasteiger partial charge < -0.3 is 14.2 Å². The Hall–Kier alpha value is -3.85. The lowest BCUT2D eigenvalue weighted by molar-refractivity contribution is 0.0635. The Balaban J connectivity index is 2.16. The third-order valence-electron chi connectivity index (χ3n) is 6.16. The number of benzene rings is 3. The minimum Gasteiger partial charge on any atom is -0.497 e. The highest BCUT2D eigenvalue weighted by atomic mass is 32.2. The van der Waals surface area contributed by atoms with Gasteiger partial charge in [0.15, 0.2) is 15.6 Å². The first-order chi connectivity index (χ1) is 18.3. The number of carbonyl (C=O) groups excluding carboxylic acids is 2. The molecule has 0 aliphatic carbocycles. The number of anilines is 1. The number of carbonyl (C=O) groups is 2. The first-order valence-electron chi connectivity index (χ1n) is 12.4. The molecule has 9 heteroatoms. The Morgan fingerprint density at radius 2 is 1.41 bits per heavy atom. The monoisotopic (exact) mass is 553 g/mol. The average molecular weight is 554 g/mol. The van der Waals surface area contributed by atoms with Gasteiger partial charge >= 0.3 is 6.09 Å². The van der Waals surface area contributed by atoms with Crippen molar-refractivity contribution in [3.05, 3.63) is 83.4 Å². The maximum Gasteiger partial charge on any atom is 0.412 e. The van der Waals surface area contributed by atoms with E-state index >= 15 is 0 Å². The van der Waals surface area contributed by atoms with Crippen LogP contribution in [0.25, 0.3) is 0 Å². The molecular formula is C30H35NO7S. The van der Waals surface area contributed by atoms with Gasteiger partial charge in [-0.05, 0) is 87.9 Å². The van der Waals surface area contributed by atoms with Crippen LogP contribution in [-0.2, 0) is 14.6 Å². The molecule has 0 fully saturated rings. The van der Waals surface area contributed by atoms with E-state index in [4.69, 9.17) is 14.2 Å². The van der Waals surface area contributed by atoms with Crippen molar-refractivity contribution in [2.75, 3.05) is 19.5 Å². The van der Waals surface area contributed by atoms with Crippen LogP contribution in [0.2, 0.25) is 0 Å². The molecule has 3 aromatic carbocycles. The second-order valence-electron chi connectivity index (χ2n) is 10.2. The van der Waals surface area contributed by atoms with Crippen LogP contribution in [0.15, 0.2) is 71.6 Å². The van der Waals surface area contributed by atoms with Crippen LogP contribution in [-0.4, -0.2) is 45.4 Å². The molecule has 0 heterocycles. The molecule has 208 valence electrons. The first kappa shape index (κ1) is 29.7. The van der Waals surface area contributed by atoms with Crippen molar-refractivity contribution in [3.8, 4) is 11.5 Å². The summed E-state index contributed by atoms with van der Waals surface area (Å²) in [4.78, 5) is 26.6. The van der Waals surface area contributed by atoms with Crippen LogP contribution in [0.4, 0.5) is 10.5 Å². The number of methoxy groups -OCH3 is 2. The van der Waals surface area contributed by atoms with Crippen molar-refractivity contribution in [3.63, 3.8) is 0 Å². The molecular weight excluding hydrogens is 518 g/mol. The van der Waals surface area contributed by atoms with E-state index in [9.17, 15) is 18.0 Å². The highest BCUT2D eigenvalue weighted by Crippen LogP contribution is 2.37. The van der Waals surface area contributed by atoms with Gasteiger partial charge in [0, 0.05) is 17.2 Å². The number of ketones is 1. The molecule has 8 nitrogen and oxygen atoms in total. The second-order valence-corrected chi connectivity index (χ2v) is 12.3. The summed E-state index contributed by atoms with van der Waals surface area (Å²) in [6.07, 6.45) is -0.708. The van der Waals surface area contributed by atoms with Crippen molar-refractivity contribution in [2.45, 2.75) is 56.3 Å². The Morgan fingerprint density at radius 3 is 1.95 bits per heavy atom. The number of hydrogen-bond acceptors (Lipinski definition) is 7. The van der Waals surface area contributed by atoms with Gasteiger partial charge in [-0.15, -0.1) is 0 Å². The average Bonchev–Trinajstić information content (AvgIpc) is 2.88. The predicted octanol–water partition coefficient (Wildman–Crippen LogP) is 6.19. The summed E-state index contributed by atoms with van der Waals surface area (Å²) in [5.41, 5.74) is 1.07. The van der Waals surface area contributed by atoms with E-state index in [0.29, 0.717) is 22.7 Å². The highest BCUT2D eigenvalue weighted by molar-refractivity contribution is 7.93. The summed E-state index contributed by atoms with van der Waals surface area (Å²) in [6, 6.07) is 17.5. The number of hydrogen-bond donors (Lipinski definition) is 1. The second kappa shape index (κ2) is 11.9. The van der Waals surface area contributed by atoms with Gasteiger partial charge in [0.25, 0.3) is 0 Å². The van der Waals surface area contributed by atoms with Crippen LogP contribution in [0, 0.1) is 6.92 Å². The summed E-state index contributed by atoms with van der Waals surface area (Å²) < 4.78 is 44.1. The Labute approximate surface area is 230 Å². The SMILES string of the molecule is COc1ccc(C(=O)C(C(C)c2cc(OC)ccc2NC(=O)OC(C)(C)C)S(=O)(=O)c2ccc(C)cc2)cc1. The maximum absolute atomic E-state index is 14.1. The zero-order chi connectivity index (χ0) is 29.0. The molecule has 1 amide bonds. The lowest BCUT2D eigenvalue weighted by Gasteiger charge is -2.27. The van der Waals surface area contributed by atoms with E-state index in [-0.39, 0.29) is 10.5 Å². The van der Waals surface area contributed by atoms with Gasteiger partial charge in [0.2, 0.25) is 0 Å². The molecule has 0 radical (unpaired) electrons. The van der Waals surface area contributed by atoms with E-state index in [1.54, 1.807) is 70.2 Å². The molecule has 0 aromatic heterocycles. The topological polar surface area (TPSA) is 108 Å². The van der Waals surface area contributed by atoms with Crippen molar-refractivity contribution < 1.29 is 32.2 Å². The molecule has 2 unspecified atom stereocenters. The zero-order valence-corrected chi connectivity index (χ0v) is 24.1. The molecule has 0 spiro atoms. The predicted molar refractivity (Wildman–Crippen MR) is 151 cm³/mol. The molecule has 0 bridgehead atoms. The van der Waals surface area contributed by atoms with Gasteiger partial charge in [-0.1, -0.05) is 24.6 Å². The van der Waals surface area contributed by atoms with Crippen molar-refractivity contribution in [2.24, 2.45) is 0 Å². The fourth-order valence-corrected chi connectivity index (χ4v) is 6.08. The molecule has 0 saturated heterocycles. The smallest absolute Gasteiger partial charge is 0.412 e. The molecule has 0 aliphatic rings. The van der Waals surface area contributed by atoms with E-state index < -0.39 is 38.5 Å². The van der Waals surface area contributed by atoms with Gasteiger partial charge in [0.1, 0.15) is 22.4 Å². The third-order valence-corrected chi connectivity index (χ3v) is 8.38. The van der Waals surface area contributed by atoms with Crippen LogP contribution < -0.4 is 14.8 Å². The Bertz CT molecular complexity index is 1420.